The van der Waals surface area contributed by atoms with Crippen LogP contribution in [0.25, 0.3) is 10.9 Å². The molecule has 1 N–H and O–H groups in total. The van der Waals surface area contributed by atoms with Crippen molar-refractivity contribution < 1.29 is 0 Å². The summed E-state index contributed by atoms with van der Waals surface area (Å²) < 4.78 is 0. The van der Waals surface area contributed by atoms with Crippen molar-refractivity contribution in [1.29, 1.82) is 0 Å². The van der Waals surface area contributed by atoms with Crippen LogP contribution in [0.15, 0.2) is 30.3 Å². The predicted molar refractivity (Wildman–Crippen MR) is 70.4 cm³/mol. The van der Waals surface area contributed by atoms with Gasteiger partial charge in [0, 0.05) is 17.5 Å². The van der Waals surface area contributed by atoms with E-state index in [-0.39, 0.29) is 0 Å². The Morgan fingerprint density at radius 3 is 2.61 bits per heavy atom. The highest BCUT2D eigenvalue weighted by molar-refractivity contribution is 5.85. The molecule has 0 atom stereocenters. The van der Waals surface area contributed by atoms with E-state index in [1.54, 1.807) is 0 Å². The first-order valence-electron chi connectivity index (χ1n) is 5.96. The van der Waals surface area contributed by atoms with Crippen LogP contribution < -0.4 is 0 Å². The molecular weight excluding hydrogens is 224 g/mol. The minimum absolute atomic E-state index is 0.759. The number of hydrogen-bond donors (Lipinski definition) is 1. The van der Waals surface area contributed by atoms with Crippen molar-refractivity contribution in [1.82, 2.24) is 20.4 Å². The summed E-state index contributed by atoms with van der Waals surface area (Å²) in [6, 6.07) is 10.3. The van der Waals surface area contributed by atoms with Gasteiger partial charge in [-0.05, 0) is 19.4 Å². The van der Waals surface area contributed by atoms with Gasteiger partial charge in [-0.2, -0.15) is 15.3 Å². The number of nitrogens with zero attached hydrogens (tertiary/aromatic N) is 3. The maximum Gasteiger partial charge on any atom is 0.118 e. The van der Waals surface area contributed by atoms with Crippen molar-refractivity contribution in [2.24, 2.45) is 0 Å². The fourth-order valence-corrected chi connectivity index (χ4v) is 2.22. The number of H-pyrrole nitrogens is 1. The van der Waals surface area contributed by atoms with Crippen LogP contribution in [0.3, 0.4) is 0 Å². The number of aromatic nitrogens is 4. The van der Waals surface area contributed by atoms with Crippen LogP contribution in [-0.4, -0.2) is 20.4 Å². The van der Waals surface area contributed by atoms with Crippen molar-refractivity contribution in [3.63, 3.8) is 0 Å². The molecular formula is C14H14N4. The topological polar surface area (TPSA) is 54.5 Å². The third-order valence-electron chi connectivity index (χ3n) is 3.12. The van der Waals surface area contributed by atoms with Crippen molar-refractivity contribution in [2.45, 2.75) is 20.3 Å². The Morgan fingerprint density at radius 1 is 1.06 bits per heavy atom. The lowest BCUT2D eigenvalue weighted by Gasteiger charge is -2.02. The molecule has 0 aliphatic heterocycles. The maximum atomic E-state index is 4.35. The summed E-state index contributed by atoms with van der Waals surface area (Å²) in [5.41, 5.74) is 5.05. The zero-order valence-electron chi connectivity index (χ0n) is 10.4. The molecule has 4 nitrogen and oxygen atoms in total. The van der Waals surface area contributed by atoms with Gasteiger partial charge in [-0.3, -0.25) is 5.10 Å². The molecule has 4 heteroatoms. The molecule has 0 saturated carbocycles. The first kappa shape index (κ1) is 10.9. The van der Waals surface area contributed by atoms with Gasteiger partial charge in [0.2, 0.25) is 0 Å². The number of aromatic amines is 1. The Bertz CT molecular complexity index is 686. The van der Waals surface area contributed by atoms with Crippen LogP contribution in [0.2, 0.25) is 0 Å². The van der Waals surface area contributed by atoms with Crippen LogP contribution in [0.1, 0.15) is 22.6 Å². The number of fused-ring (bicyclic) bond motifs is 1. The van der Waals surface area contributed by atoms with E-state index in [0.717, 1.165) is 34.4 Å². The summed E-state index contributed by atoms with van der Waals surface area (Å²) in [5, 5.41) is 17.0. The van der Waals surface area contributed by atoms with Gasteiger partial charge in [-0.15, -0.1) is 0 Å². The number of benzene rings is 1. The molecule has 90 valence electrons. The molecule has 0 bridgehead atoms. The van der Waals surface area contributed by atoms with Gasteiger partial charge < -0.3 is 0 Å². The zero-order valence-corrected chi connectivity index (χ0v) is 10.4. The lowest BCUT2D eigenvalue weighted by Crippen LogP contribution is -1.98. The third-order valence-corrected chi connectivity index (χ3v) is 3.12. The molecule has 2 heterocycles. The molecule has 0 unspecified atom stereocenters. The van der Waals surface area contributed by atoms with Crippen LogP contribution in [0.5, 0.6) is 0 Å². The van der Waals surface area contributed by atoms with E-state index < -0.39 is 0 Å². The normalized spacial score (nSPS) is 11.0. The highest BCUT2D eigenvalue weighted by Gasteiger charge is 2.12. The van der Waals surface area contributed by atoms with Crippen molar-refractivity contribution >= 4 is 10.9 Å². The van der Waals surface area contributed by atoms with Gasteiger partial charge in [0.05, 0.1) is 11.4 Å². The molecule has 1 aromatic carbocycles. The number of rotatable bonds is 2. The highest BCUT2D eigenvalue weighted by atomic mass is 15.2. The lowest BCUT2D eigenvalue weighted by molar-refractivity contribution is 0.924. The highest BCUT2D eigenvalue weighted by Crippen LogP contribution is 2.21. The van der Waals surface area contributed by atoms with E-state index in [9.17, 15) is 0 Å². The summed E-state index contributed by atoms with van der Waals surface area (Å²) in [6.45, 7) is 3.97. The number of nitrogens with one attached hydrogen (secondary N) is 1. The van der Waals surface area contributed by atoms with E-state index in [0.29, 0.717) is 0 Å². The Hall–Kier alpha value is -2.23. The maximum absolute atomic E-state index is 4.35. The molecule has 3 aromatic rings. The summed E-state index contributed by atoms with van der Waals surface area (Å²) in [5.74, 6) is 0. The van der Waals surface area contributed by atoms with E-state index in [1.165, 1.54) is 5.56 Å². The van der Waals surface area contributed by atoms with E-state index in [2.05, 4.69) is 32.5 Å². The first-order chi connectivity index (χ1) is 8.75. The Morgan fingerprint density at radius 2 is 1.83 bits per heavy atom. The fourth-order valence-electron chi connectivity index (χ4n) is 2.22. The third kappa shape index (κ3) is 1.76. The molecule has 18 heavy (non-hydrogen) atoms. The SMILES string of the molecule is Cc1nnc(Cc2ccccc2)c2n[nH]c(C)c12. The standard InChI is InChI=1S/C14H14N4/c1-9-13-10(2)16-18-14(13)12(17-15-9)8-11-6-4-3-5-7-11/h3-7H,8H2,1-2H3,(H,16,18). The summed E-state index contributed by atoms with van der Waals surface area (Å²) >= 11 is 0. The lowest BCUT2D eigenvalue weighted by atomic mass is 10.1. The minimum Gasteiger partial charge on any atom is -0.281 e. The van der Waals surface area contributed by atoms with E-state index >= 15 is 0 Å². The molecule has 3 rings (SSSR count). The zero-order chi connectivity index (χ0) is 12.5. The summed E-state index contributed by atoms with van der Waals surface area (Å²) in [7, 11) is 0. The van der Waals surface area contributed by atoms with Crippen LogP contribution in [0, 0.1) is 13.8 Å². The number of hydrogen-bond acceptors (Lipinski definition) is 3. The second-order valence-corrected chi connectivity index (χ2v) is 4.47. The van der Waals surface area contributed by atoms with Gasteiger partial charge in [-0.25, -0.2) is 0 Å². The molecule has 0 fully saturated rings. The molecule has 0 saturated heterocycles. The minimum atomic E-state index is 0.759. The molecule has 2 aromatic heterocycles. The smallest absolute Gasteiger partial charge is 0.118 e. The Labute approximate surface area is 105 Å². The van der Waals surface area contributed by atoms with E-state index in [4.69, 9.17) is 0 Å². The van der Waals surface area contributed by atoms with Crippen molar-refractivity contribution in [3.05, 3.63) is 53.0 Å². The molecule has 0 radical (unpaired) electrons. The molecule has 0 aliphatic carbocycles. The second kappa shape index (κ2) is 4.22. The van der Waals surface area contributed by atoms with Crippen LogP contribution >= 0.6 is 0 Å². The van der Waals surface area contributed by atoms with Gasteiger partial charge >= 0.3 is 0 Å². The summed E-state index contributed by atoms with van der Waals surface area (Å²) in [4.78, 5) is 0. The van der Waals surface area contributed by atoms with Gasteiger partial charge in [-0.1, -0.05) is 30.3 Å². The van der Waals surface area contributed by atoms with Gasteiger partial charge in [0.1, 0.15) is 5.52 Å². The van der Waals surface area contributed by atoms with Crippen molar-refractivity contribution in [3.8, 4) is 0 Å². The average molecular weight is 238 g/mol. The molecule has 0 aliphatic rings. The largest absolute Gasteiger partial charge is 0.281 e. The van der Waals surface area contributed by atoms with Crippen LogP contribution in [0.4, 0.5) is 0 Å². The van der Waals surface area contributed by atoms with Gasteiger partial charge in [0.15, 0.2) is 0 Å². The van der Waals surface area contributed by atoms with Crippen LogP contribution in [-0.2, 0) is 6.42 Å². The number of aryl methyl sites for hydroxylation is 2. The Kier molecular flexibility index (Phi) is 2.55. The second-order valence-electron chi connectivity index (χ2n) is 4.47. The predicted octanol–water partition coefficient (Wildman–Crippen LogP) is 2.56. The average Bonchev–Trinajstić information content (AvgIpc) is 2.78. The van der Waals surface area contributed by atoms with E-state index in [1.807, 2.05) is 32.0 Å². The van der Waals surface area contributed by atoms with Crippen molar-refractivity contribution in [2.75, 3.05) is 0 Å². The molecule has 0 spiro atoms. The Balaban J connectivity index is 2.11. The fraction of sp³-hybridized carbons (Fsp3) is 0.214. The quantitative estimate of drug-likeness (QED) is 0.746. The summed E-state index contributed by atoms with van der Waals surface area (Å²) in [6.07, 6.45) is 0.759. The van der Waals surface area contributed by atoms with Gasteiger partial charge in [0.25, 0.3) is 0 Å². The first-order valence-corrected chi connectivity index (χ1v) is 5.96. The monoisotopic (exact) mass is 238 g/mol. The molecule has 0 amide bonds.